The molecule has 0 saturated carbocycles. The number of carbonyl (C=O) groups is 1. The summed E-state index contributed by atoms with van der Waals surface area (Å²) in [6, 6.07) is 8.23. The highest BCUT2D eigenvalue weighted by Crippen LogP contribution is 2.26. The average Bonchev–Trinajstić information content (AvgIpc) is 2.73. The van der Waals surface area contributed by atoms with Gasteiger partial charge in [0, 0.05) is 51.9 Å². The molecule has 3 rings (SSSR count). The quantitative estimate of drug-likeness (QED) is 0.792. The van der Waals surface area contributed by atoms with Crippen molar-refractivity contribution in [3.63, 3.8) is 0 Å². The van der Waals surface area contributed by atoms with Gasteiger partial charge in [-0.05, 0) is 25.6 Å². The average molecular weight is 376 g/mol. The maximum atomic E-state index is 12.4. The first-order valence-electron chi connectivity index (χ1n) is 10.1. The Hall–Kier alpha value is -1.83. The smallest absolute Gasteiger partial charge is 0.319 e. The van der Waals surface area contributed by atoms with E-state index in [4.69, 9.17) is 4.74 Å². The molecule has 27 heavy (non-hydrogen) atoms. The predicted octanol–water partition coefficient (Wildman–Crippen LogP) is 1.67. The van der Waals surface area contributed by atoms with Gasteiger partial charge < -0.3 is 25.2 Å². The number of piperazine rings is 1. The lowest BCUT2D eigenvalue weighted by atomic mass is 10.2. The van der Waals surface area contributed by atoms with Gasteiger partial charge in [0.25, 0.3) is 0 Å². The van der Waals surface area contributed by atoms with Crippen LogP contribution in [-0.4, -0.2) is 87.4 Å². The van der Waals surface area contributed by atoms with Crippen LogP contribution >= 0.6 is 0 Å². The minimum absolute atomic E-state index is 0.144. The Bertz CT molecular complexity index is 598. The molecule has 1 aromatic carbocycles. The van der Waals surface area contributed by atoms with Crippen LogP contribution in [0.5, 0.6) is 0 Å². The number of para-hydroxylation sites is 2. The molecule has 7 heteroatoms. The molecule has 0 spiro atoms. The van der Waals surface area contributed by atoms with E-state index < -0.39 is 0 Å². The van der Waals surface area contributed by atoms with E-state index >= 15 is 0 Å². The topological polar surface area (TPSA) is 60.1 Å². The zero-order valence-corrected chi connectivity index (χ0v) is 16.6. The number of rotatable bonds is 6. The van der Waals surface area contributed by atoms with Crippen LogP contribution in [0.2, 0.25) is 0 Å². The van der Waals surface area contributed by atoms with Crippen molar-refractivity contribution in [2.75, 3.05) is 75.8 Å². The molecule has 2 N–H and O–H groups in total. The number of nitrogens with zero attached hydrogens (tertiary/aromatic N) is 3. The lowest BCUT2D eigenvalue weighted by Gasteiger charge is -2.36. The van der Waals surface area contributed by atoms with Gasteiger partial charge in [0.2, 0.25) is 0 Å². The Kier molecular flexibility index (Phi) is 7.32. The highest BCUT2D eigenvalue weighted by atomic mass is 16.5. The highest BCUT2D eigenvalue weighted by Gasteiger charge is 2.20. The number of likely N-dealkylation sites (N-methyl/N-ethyl adjacent to an activating group) is 1. The van der Waals surface area contributed by atoms with E-state index in [1.165, 1.54) is 0 Å². The fourth-order valence-electron chi connectivity index (χ4n) is 3.71. The van der Waals surface area contributed by atoms with Crippen molar-refractivity contribution in [3.8, 4) is 0 Å². The molecular formula is C20H33N5O2. The number of hydrogen-bond acceptors (Lipinski definition) is 5. The zero-order chi connectivity index (χ0) is 19.1. The minimum Gasteiger partial charge on any atom is -0.379 e. The molecule has 1 unspecified atom stereocenters. The summed E-state index contributed by atoms with van der Waals surface area (Å²) in [6.07, 6.45) is 0. The first-order valence-corrected chi connectivity index (χ1v) is 10.1. The number of amides is 2. The molecule has 0 aliphatic carbocycles. The first-order chi connectivity index (χ1) is 13.2. The predicted molar refractivity (Wildman–Crippen MR) is 110 cm³/mol. The summed E-state index contributed by atoms with van der Waals surface area (Å²) in [5, 5.41) is 6.06. The van der Waals surface area contributed by atoms with Crippen molar-refractivity contribution in [1.29, 1.82) is 0 Å². The van der Waals surface area contributed by atoms with Crippen molar-refractivity contribution < 1.29 is 9.53 Å². The molecule has 7 nitrogen and oxygen atoms in total. The Morgan fingerprint density at radius 3 is 2.52 bits per heavy atom. The summed E-state index contributed by atoms with van der Waals surface area (Å²) in [5.74, 6) is 0. The van der Waals surface area contributed by atoms with Gasteiger partial charge in [-0.1, -0.05) is 19.1 Å². The zero-order valence-electron chi connectivity index (χ0n) is 16.6. The number of morpholine rings is 1. The Morgan fingerprint density at radius 1 is 1.11 bits per heavy atom. The SMILES string of the molecule is CCN1CCN(c2ccccc2NC(=O)NCC(C)N2CCOCC2)CC1. The molecule has 2 fully saturated rings. The number of anilines is 2. The largest absolute Gasteiger partial charge is 0.379 e. The van der Waals surface area contributed by atoms with E-state index in [1.54, 1.807) is 0 Å². The van der Waals surface area contributed by atoms with Crippen molar-refractivity contribution in [2.24, 2.45) is 0 Å². The molecular weight excluding hydrogens is 342 g/mol. The van der Waals surface area contributed by atoms with Crippen LogP contribution in [0, 0.1) is 0 Å². The second-order valence-electron chi connectivity index (χ2n) is 7.27. The molecule has 2 aliphatic rings. The molecule has 1 aromatic rings. The van der Waals surface area contributed by atoms with Gasteiger partial charge in [-0.15, -0.1) is 0 Å². The molecule has 2 aliphatic heterocycles. The van der Waals surface area contributed by atoms with E-state index in [0.717, 1.165) is 70.4 Å². The van der Waals surface area contributed by atoms with Crippen molar-refractivity contribution in [1.82, 2.24) is 15.1 Å². The van der Waals surface area contributed by atoms with Crippen LogP contribution in [0.3, 0.4) is 0 Å². The summed E-state index contributed by atoms with van der Waals surface area (Å²) in [7, 11) is 0. The number of nitrogens with one attached hydrogen (secondary N) is 2. The standard InChI is InChI=1S/C20H33N5O2/c1-3-23-8-10-25(11-9-23)19-7-5-4-6-18(19)22-20(26)21-16-17(2)24-12-14-27-15-13-24/h4-7,17H,3,8-16H2,1-2H3,(H2,21,22,26). The maximum Gasteiger partial charge on any atom is 0.319 e. The molecule has 0 radical (unpaired) electrons. The van der Waals surface area contributed by atoms with Crippen LogP contribution in [0.1, 0.15) is 13.8 Å². The Balaban J connectivity index is 1.52. The van der Waals surface area contributed by atoms with Gasteiger partial charge in [0.05, 0.1) is 24.6 Å². The number of ether oxygens (including phenoxy) is 1. The Morgan fingerprint density at radius 2 is 1.81 bits per heavy atom. The van der Waals surface area contributed by atoms with Crippen LogP contribution in [0.4, 0.5) is 16.2 Å². The van der Waals surface area contributed by atoms with Crippen LogP contribution < -0.4 is 15.5 Å². The second-order valence-corrected chi connectivity index (χ2v) is 7.27. The van der Waals surface area contributed by atoms with Gasteiger partial charge in [0.15, 0.2) is 0 Å². The summed E-state index contributed by atoms with van der Waals surface area (Å²) >= 11 is 0. The lowest BCUT2D eigenvalue weighted by Crippen LogP contribution is -2.48. The van der Waals surface area contributed by atoms with E-state index in [9.17, 15) is 4.79 Å². The van der Waals surface area contributed by atoms with Crippen molar-refractivity contribution in [2.45, 2.75) is 19.9 Å². The first kappa shape index (κ1) is 19.9. The van der Waals surface area contributed by atoms with E-state index in [0.29, 0.717) is 12.6 Å². The third-order valence-electron chi connectivity index (χ3n) is 5.54. The van der Waals surface area contributed by atoms with Crippen LogP contribution in [-0.2, 0) is 4.74 Å². The summed E-state index contributed by atoms with van der Waals surface area (Å²) in [4.78, 5) is 19.6. The van der Waals surface area contributed by atoms with Crippen molar-refractivity contribution in [3.05, 3.63) is 24.3 Å². The van der Waals surface area contributed by atoms with Crippen LogP contribution in [0.15, 0.2) is 24.3 Å². The number of urea groups is 1. The summed E-state index contributed by atoms with van der Waals surface area (Å²) < 4.78 is 5.39. The Labute approximate surface area is 162 Å². The molecule has 2 saturated heterocycles. The second kappa shape index (κ2) is 9.92. The monoisotopic (exact) mass is 375 g/mol. The third-order valence-corrected chi connectivity index (χ3v) is 5.54. The maximum absolute atomic E-state index is 12.4. The number of hydrogen-bond donors (Lipinski definition) is 2. The normalized spacial score (nSPS) is 20.3. The van der Waals surface area contributed by atoms with Gasteiger partial charge in [0.1, 0.15) is 0 Å². The third kappa shape index (κ3) is 5.57. The lowest BCUT2D eigenvalue weighted by molar-refractivity contribution is 0.0209. The molecule has 0 aromatic heterocycles. The molecule has 2 amide bonds. The molecule has 150 valence electrons. The van der Waals surface area contributed by atoms with Gasteiger partial charge >= 0.3 is 6.03 Å². The van der Waals surface area contributed by atoms with E-state index in [2.05, 4.69) is 45.2 Å². The highest BCUT2D eigenvalue weighted by molar-refractivity contribution is 5.93. The summed E-state index contributed by atoms with van der Waals surface area (Å²) in [6.45, 7) is 13.6. The number of carbonyl (C=O) groups excluding carboxylic acids is 1. The van der Waals surface area contributed by atoms with Gasteiger partial charge in [-0.3, -0.25) is 4.90 Å². The van der Waals surface area contributed by atoms with Crippen LogP contribution in [0.25, 0.3) is 0 Å². The van der Waals surface area contributed by atoms with E-state index in [1.807, 2.05) is 18.2 Å². The fraction of sp³-hybridized carbons (Fsp3) is 0.650. The number of benzene rings is 1. The fourth-order valence-corrected chi connectivity index (χ4v) is 3.71. The molecule has 1 atom stereocenters. The summed E-state index contributed by atoms with van der Waals surface area (Å²) in [5.41, 5.74) is 1.98. The van der Waals surface area contributed by atoms with E-state index in [-0.39, 0.29) is 6.03 Å². The van der Waals surface area contributed by atoms with Gasteiger partial charge in [-0.2, -0.15) is 0 Å². The van der Waals surface area contributed by atoms with Crippen molar-refractivity contribution >= 4 is 17.4 Å². The molecule has 0 bridgehead atoms. The minimum atomic E-state index is -0.144. The van der Waals surface area contributed by atoms with Gasteiger partial charge in [-0.25, -0.2) is 4.79 Å². The molecule has 2 heterocycles.